The zero-order chi connectivity index (χ0) is 15.5. The summed E-state index contributed by atoms with van der Waals surface area (Å²) < 4.78 is 19.1. The summed E-state index contributed by atoms with van der Waals surface area (Å²) in [6, 6.07) is 7.62. The van der Waals surface area contributed by atoms with Crippen LogP contribution in [-0.2, 0) is 0 Å². The molecule has 3 aromatic heterocycles. The summed E-state index contributed by atoms with van der Waals surface area (Å²) >= 11 is 0. The second-order valence-electron chi connectivity index (χ2n) is 4.24. The first-order valence-corrected chi connectivity index (χ1v) is 6.16. The van der Waals surface area contributed by atoms with Gasteiger partial charge in [0.15, 0.2) is 5.82 Å². The van der Waals surface area contributed by atoms with Gasteiger partial charge in [-0.3, -0.25) is 4.98 Å². The van der Waals surface area contributed by atoms with E-state index in [2.05, 4.69) is 19.8 Å². The minimum absolute atomic E-state index is 0.0607. The van der Waals surface area contributed by atoms with E-state index in [1.54, 1.807) is 24.4 Å². The quantitative estimate of drug-likeness (QED) is 0.747. The lowest BCUT2D eigenvalue weighted by molar-refractivity contribution is 0.142. The highest BCUT2D eigenvalue weighted by Gasteiger charge is 2.08. The summed E-state index contributed by atoms with van der Waals surface area (Å²) in [4.78, 5) is 18.3. The van der Waals surface area contributed by atoms with Crippen LogP contribution in [0.4, 0.5) is 9.18 Å². The molecule has 0 spiro atoms. The van der Waals surface area contributed by atoms with Crippen molar-refractivity contribution in [2.24, 2.45) is 0 Å². The van der Waals surface area contributed by atoms with Crippen LogP contribution in [0.2, 0.25) is 0 Å². The van der Waals surface area contributed by atoms with Crippen molar-refractivity contribution in [2.75, 3.05) is 0 Å². The molecule has 0 amide bonds. The topological polar surface area (TPSA) is 90.1 Å². The van der Waals surface area contributed by atoms with Gasteiger partial charge in [-0.15, -0.1) is 0 Å². The number of pyridine rings is 2. The van der Waals surface area contributed by atoms with Gasteiger partial charge in [0.1, 0.15) is 5.82 Å². The third kappa shape index (κ3) is 2.90. The highest BCUT2D eigenvalue weighted by molar-refractivity contribution is 5.60. The largest absolute Gasteiger partial charge is 0.512 e. The number of hydrogen-bond donors (Lipinski definition) is 1. The molecule has 0 fully saturated rings. The second-order valence-corrected chi connectivity index (χ2v) is 4.24. The molecule has 0 saturated heterocycles. The van der Waals surface area contributed by atoms with E-state index in [9.17, 15) is 9.18 Å². The van der Waals surface area contributed by atoms with Crippen LogP contribution in [0.5, 0.6) is 5.88 Å². The first kappa shape index (κ1) is 13.7. The maximum absolute atomic E-state index is 13.2. The number of rotatable bonds is 3. The molecule has 0 radical (unpaired) electrons. The van der Waals surface area contributed by atoms with Gasteiger partial charge >= 0.3 is 6.16 Å². The van der Waals surface area contributed by atoms with Crippen LogP contribution >= 0.6 is 0 Å². The standard InChI is InChI=1S/C14H9FN4O3/c15-10-6-9(7-16-8-10)11-4-5-19(18-11)12-2-1-3-13(17-12)22-14(20)21/h1-8H,(H,20,21). The summed E-state index contributed by atoms with van der Waals surface area (Å²) in [6.45, 7) is 0. The van der Waals surface area contributed by atoms with Gasteiger partial charge in [-0.2, -0.15) is 10.1 Å². The van der Waals surface area contributed by atoms with Crippen molar-refractivity contribution < 1.29 is 19.0 Å². The van der Waals surface area contributed by atoms with Crippen LogP contribution < -0.4 is 4.74 Å². The number of aromatic nitrogens is 4. The molecule has 0 aliphatic heterocycles. The van der Waals surface area contributed by atoms with E-state index in [1.807, 2.05) is 0 Å². The van der Waals surface area contributed by atoms with Gasteiger partial charge in [0, 0.05) is 24.0 Å². The Bertz CT molecular complexity index is 834. The van der Waals surface area contributed by atoms with E-state index < -0.39 is 12.0 Å². The molecule has 3 rings (SSSR count). The zero-order valence-electron chi connectivity index (χ0n) is 11.0. The van der Waals surface area contributed by atoms with Crippen molar-refractivity contribution in [3.05, 3.63) is 54.7 Å². The lowest BCUT2D eigenvalue weighted by atomic mass is 10.2. The van der Waals surface area contributed by atoms with Crippen molar-refractivity contribution in [3.8, 4) is 23.0 Å². The smallest absolute Gasteiger partial charge is 0.449 e. The summed E-state index contributed by atoms with van der Waals surface area (Å²) in [5.41, 5.74) is 1.04. The average molecular weight is 300 g/mol. The van der Waals surface area contributed by atoms with Gasteiger partial charge in [-0.1, -0.05) is 6.07 Å². The second kappa shape index (κ2) is 5.60. The lowest BCUT2D eigenvalue weighted by Gasteiger charge is -2.03. The van der Waals surface area contributed by atoms with Crippen LogP contribution in [0.3, 0.4) is 0 Å². The number of halogens is 1. The Labute approximate surface area is 123 Å². The molecular weight excluding hydrogens is 291 g/mol. The Morgan fingerprint density at radius 2 is 2.14 bits per heavy atom. The van der Waals surface area contributed by atoms with Crippen LogP contribution in [0, 0.1) is 5.82 Å². The molecule has 110 valence electrons. The maximum Gasteiger partial charge on any atom is 0.512 e. The number of hydrogen-bond acceptors (Lipinski definition) is 5. The number of ether oxygens (including phenoxy) is 1. The fraction of sp³-hybridized carbons (Fsp3) is 0. The SMILES string of the molecule is O=C(O)Oc1cccc(-n2ccc(-c3cncc(F)c3)n2)n1. The Morgan fingerprint density at radius 1 is 1.27 bits per heavy atom. The van der Waals surface area contributed by atoms with Crippen LogP contribution in [0.15, 0.2) is 48.9 Å². The number of carbonyl (C=O) groups is 1. The van der Waals surface area contributed by atoms with Crippen LogP contribution in [-0.4, -0.2) is 31.0 Å². The molecule has 1 N–H and O–H groups in total. The zero-order valence-corrected chi connectivity index (χ0v) is 11.0. The van der Waals surface area contributed by atoms with Crippen molar-refractivity contribution in [1.29, 1.82) is 0 Å². The lowest BCUT2D eigenvalue weighted by Crippen LogP contribution is -2.06. The highest BCUT2D eigenvalue weighted by atomic mass is 19.1. The van der Waals surface area contributed by atoms with E-state index in [1.165, 1.54) is 23.0 Å². The molecule has 7 nitrogen and oxygen atoms in total. The van der Waals surface area contributed by atoms with Gasteiger partial charge in [0.25, 0.3) is 0 Å². The van der Waals surface area contributed by atoms with Gasteiger partial charge in [0.05, 0.1) is 11.9 Å². The van der Waals surface area contributed by atoms with Gasteiger partial charge in [0.2, 0.25) is 5.88 Å². The molecule has 0 bridgehead atoms. The summed E-state index contributed by atoms with van der Waals surface area (Å²) in [5.74, 6) is -0.147. The summed E-state index contributed by atoms with van der Waals surface area (Å²) in [5, 5.41) is 12.8. The predicted octanol–water partition coefficient (Wildman–Crippen LogP) is 2.53. The third-order valence-corrected chi connectivity index (χ3v) is 2.73. The fourth-order valence-corrected chi connectivity index (χ4v) is 1.84. The van der Waals surface area contributed by atoms with Crippen LogP contribution in [0.25, 0.3) is 17.1 Å². The Kier molecular flexibility index (Phi) is 3.48. The number of nitrogens with zero attached hydrogens (tertiary/aromatic N) is 4. The summed E-state index contributed by atoms with van der Waals surface area (Å²) in [6.07, 6.45) is 2.77. The summed E-state index contributed by atoms with van der Waals surface area (Å²) in [7, 11) is 0. The average Bonchev–Trinajstić information content (AvgIpc) is 2.97. The van der Waals surface area contributed by atoms with Gasteiger partial charge in [-0.05, 0) is 18.2 Å². The predicted molar refractivity (Wildman–Crippen MR) is 73.2 cm³/mol. The molecule has 3 heterocycles. The molecule has 0 saturated carbocycles. The van der Waals surface area contributed by atoms with Crippen molar-refractivity contribution in [2.45, 2.75) is 0 Å². The third-order valence-electron chi connectivity index (χ3n) is 2.73. The molecular formula is C14H9FN4O3. The van der Waals surface area contributed by atoms with E-state index >= 15 is 0 Å². The van der Waals surface area contributed by atoms with Crippen molar-refractivity contribution >= 4 is 6.16 Å². The Morgan fingerprint density at radius 3 is 2.91 bits per heavy atom. The normalized spacial score (nSPS) is 10.4. The van der Waals surface area contributed by atoms with Crippen molar-refractivity contribution in [1.82, 2.24) is 19.7 Å². The molecule has 0 aliphatic rings. The highest BCUT2D eigenvalue weighted by Crippen LogP contribution is 2.18. The minimum atomic E-state index is -1.45. The van der Waals surface area contributed by atoms with E-state index in [4.69, 9.17) is 5.11 Å². The first-order chi connectivity index (χ1) is 10.6. The molecule has 0 aromatic carbocycles. The van der Waals surface area contributed by atoms with E-state index in [0.29, 0.717) is 17.1 Å². The van der Waals surface area contributed by atoms with Gasteiger partial charge in [-0.25, -0.2) is 13.9 Å². The molecule has 3 aromatic rings. The minimum Gasteiger partial charge on any atom is -0.449 e. The van der Waals surface area contributed by atoms with E-state index in [-0.39, 0.29) is 5.88 Å². The molecule has 0 aliphatic carbocycles. The Hall–Kier alpha value is -3.29. The first-order valence-electron chi connectivity index (χ1n) is 6.16. The monoisotopic (exact) mass is 300 g/mol. The number of carboxylic acid groups (broad SMARTS) is 1. The van der Waals surface area contributed by atoms with Crippen LogP contribution in [0.1, 0.15) is 0 Å². The Balaban J connectivity index is 1.92. The van der Waals surface area contributed by atoms with Crippen molar-refractivity contribution in [3.63, 3.8) is 0 Å². The molecule has 8 heteroatoms. The molecule has 0 atom stereocenters. The maximum atomic E-state index is 13.2. The van der Waals surface area contributed by atoms with E-state index in [0.717, 1.165) is 6.20 Å². The molecule has 0 unspecified atom stereocenters. The van der Waals surface area contributed by atoms with Gasteiger partial charge < -0.3 is 9.84 Å². The fourth-order valence-electron chi connectivity index (χ4n) is 1.84. The molecule has 22 heavy (non-hydrogen) atoms.